The van der Waals surface area contributed by atoms with Crippen molar-refractivity contribution in [1.82, 2.24) is 4.90 Å². The number of amides is 2. The van der Waals surface area contributed by atoms with Crippen molar-refractivity contribution in [3.63, 3.8) is 0 Å². The topological polar surface area (TPSA) is 37.4 Å². The summed E-state index contributed by atoms with van der Waals surface area (Å²) in [5.74, 6) is 0.172. The molecule has 1 saturated heterocycles. The predicted octanol–water partition coefficient (Wildman–Crippen LogP) is 2.76. The van der Waals surface area contributed by atoms with Gasteiger partial charge in [0.25, 0.3) is 0 Å². The number of imide groups is 1. The summed E-state index contributed by atoms with van der Waals surface area (Å²) >= 11 is 0. The van der Waals surface area contributed by atoms with Crippen molar-refractivity contribution in [3.05, 3.63) is 12.7 Å². The lowest BCUT2D eigenvalue weighted by molar-refractivity contribution is -0.153. The Morgan fingerprint density at radius 3 is 2.71 bits per heavy atom. The summed E-state index contributed by atoms with van der Waals surface area (Å²) < 4.78 is 0. The van der Waals surface area contributed by atoms with Crippen molar-refractivity contribution in [2.45, 2.75) is 46.0 Å². The molecule has 96 valence electrons. The van der Waals surface area contributed by atoms with E-state index in [4.69, 9.17) is 0 Å². The van der Waals surface area contributed by atoms with Crippen LogP contribution in [-0.4, -0.2) is 23.3 Å². The Morgan fingerprint density at radius 1 is 1.41 bits per heavy atom. The van der Waals surface area contributed by atoms with Crippen LogP contribution in [0.15, 0.2) is 12.7 Å². The zero-order valence-electron chi connectivity index (χ0n) is 10.9. The fourth-order valence-electron chi connectivity index (χ4n) is 2.44. The molecular weight excluding hydrogens is 214 g/mol. The Balaban J connectivity index is 2.65. The molecule has 1 aliphatic rings. The lowest BCUT2D eigenvalue weighted by Crippen LogP contribution is -2.48. The van der Waals surface area contributed by atoms with Crippen molar-refractivity contribution in [2.75, 3.05) is 6.54 Å². The molecule has 0 unspecified atom stereocenters. The van der Waals surface area contributed by atoms with Gasteiger partial charge in [-0.2, -0.15) is 0 Å². The quantitative estimate of drug-likeness (QED) is 0.404. The molecule has 17 heavy (non-hydrogen) atoms. The number of hydrogen-bond acceptors (Lipinski definition) is 2. The van der Waals surface area contributed by atoms with E-state index in [9.17, 15) is 9.59 Å². The Kier molecular flexibility index (Phi) is 5.39. The minimum atomic E-state index is -0.0471. The number of piperidine rings is 1. The van der Waals surface area contributed by atoms with E-state index < -0.39 is 0 Å². The SMILES string of the molecule is C=CCN1C(=O)C[C@@H](C)[C@@H](CCCCC)C1=O. The summed E-state index contributed by atoms with van der Waals surface area (Å²) in [6.45, 7) is 8.12. The highest BCUT2D eigenvalue weighted by Crippen LogP contribution is 2.29. The molecule has 2 amide bonds. The Morgan fingerprint density at radius 2 is 2.12 bits per heavy atom. The molecule has 0 aromatic heterocycles. The van der Waals surface area contributed by atoms with Gasteiger partial charge in [-0.1, -0.05) is 39.2 Å². The van der Waals surface area contributed by atoms with Crippen LogP contribution in [0.2, 0.25) is 0 Å². The molecule has 1 fully saturated rings. The molecule has 0 aromatic rings. The van der Waals surface area contributed by atoms with Gasteiger partial charge < -0.3 is 0 Å². The molecule has 1 rings (SSSR count). The molecule has 0 radical (unpaired) electrons. The highest BCUT2D eigenvalue weighted by Gasteiger charge is 2.37. The Labute approximate surface area is 104 Å². The van der Waals surface area contributed by atoms with Gasteiger partial charge in [-0.3, -0.25) is 14.5 Å². The number of nitrogens with zero attached hydrogens (tertiary/aromatic N) is 1. The zero-order chi connectivity index (χ0) is 12.8. The average Bonchev–Trinajstić information content (AvgIpc) is 2.29. The third kappa shape index (κ3) is 3.42. The van der Waals surface area contributed by atoms with E-state index in [2.05, 4.69) is 13.5 Å². The monoisotopic (exact) mass is 237 g/mol. The number of unbranched alkanes of at least 4 members (excludes halogenated alkanes) is 2. The molecule has 0 bridgehead atoms. The third-order valence-electron chi connectivity index (χ3n) is 3.50. The van der Waals surface area contributed by atoms with Crippen LogP contribution in [0.25, 0.3) is 0 Å². The Bertz CT molecular complexity index is 299. The summed E-state index contributed by atoms with van der Waals surface area (Å²) in [7, 11) is 0. The molecular formula is C14H23NO2. The summed E-state index contributed by atoms with van der Waals surface area (Å²) in [6.07, 6.45) is 6.42. The van der Waals surface area contributed by atoms with Gasteiger partial charge in [0.05, 0.1) is 0 Å². The van der Waals surface area contributed by atoms with Gasteiger partial charge in [-0.25, -0.2) is 0 Å². The third-order valence-corrected chi connectivity index (χ3v) is 3.50. The molecule has 2 atom stereocenters. The summed E-state index contributed by atoms with van der Waals surface area (Å²) in [5, 5.41) is 0. The van der Waals surface area contributed by atoms with E-state index in [0.29, 0.717) is 13.0 Å². The molecule has 1 aliphatic heterocycles. The van der Waals surface area contributed by atoms with Gasteiger partial charge >= 0.3 is 0 Å². The van der Waals surface area contributed by atoms with E-state index in [1.165, 1.54) is 4.90 Å². The predicted molar refractivity (Wildman–Crippen MR) is 68.3 cm³/mol. The first-order chi connectivity index (χ1) is 8.11. The van der Waals surface area contributed by atoms with Crippen molar-refractivity contribution in [3.8, 4) is 0 Å². The first kappa shape index (κ1) is 13.9. The molecule has 3 heteroatoms. The fourth-order valence-corrected chi connectivity index (χ4v) is 2.44. The van der Waals surface area contributed by atoms with Crippen molar-refractivity contribution in [1.29, 1.82) is 0 Å². The maximum Gasteiger partial charge on any atom is 0.232 e. The smallest absolute Gasteiger partial charge is 0.232 e. The van der Waals surface area contributed by atoms with Gasteiger partial charge in [0.2, 0.25) is 11.8 Å². The van der Waals surface area contributed by atoms with Crippen molar-refractivity contribution >= 4 is 11.8 Å². The molecule has 0 aromatic carbocycles. The molecule has 0 N–H and O–H groups in total. The fraction of sp³-hybridized carbons (Fsp3) is 0.714. The van der Waals surface area contributed by atoms with Crippen LogP contribution >= 0.6 is 0 Å². The zero-order valence-corrected chi connectivity index (χ0v) is 10.9. The van der Waals surface area contributed by atoms with E-state index in [0.717, 1.165) is 25.7 Å². The molecule has 0 spiro atoms. The van der Waals surface area contributed by atoms with Crippen molar-refractivity contribution < 1.29 is 9.59 Å². The maximum absolute atomic E-state index is 12.2. The van der Waals surface area contributed by atoms with Gasteiger partial charge in [0.15, 0.2) is 0 Å². The minimum Gasteiger partial charge on any atom is -0.279 e. The number of likely N-dealkylation sites (tertiary alicyclic amines) is 1. The van der Waals surface area contributed by atoms with E-state index in [1.807, 2.05) is 6.92 Å². The van der Waals surface area contributed by atoms with Crippen LogP contribution in [0.1, 0.15) is 46.0 Å². The summed E-state index contributed by atoms with van der Waals surface area (Å²) in [4.78, 5) is 25.3. The lowest BCUT2D eigenvalue weighted by atomic mass is 9.82. The van der Waals surface area contributed by atoms with E-state index >= 15 is 0 Å². The van der Waals surface area contributed by atoms with Gasteiger partial charge in [-0.15, -0.1) is 6.58 Å². The van der Waals surface area contributed by atoms with Crippen LogP contribution < -0.4 is 0 Å². The second-order valence-electron chi connectivity index (χ2n) is 4.91. The first-order valence-electron chi connectivity index (χ1n) is 6.56. The Hall–Kier alpha value is -1.12. The summed E-state index contributed by atoms with van der Waals surface area (Å²) in [5.41, 5.74) is 0. The average molecular weight is 237 g/mol. The second-order valence-corrected chi connectivity index (χ2v) is 4.91. The minimum absolute atomic E-state index is 0.00440. The largest absolute Gasteiger partial charge is 0.279 e. The maximum atomic E-state index is 12.2. The first-order valence-corrected chi connectivity index (χ1v) is 6.56. The number of rotatable bonds is 6. The van der Waals surface area contributed by atoms with Gasteiger partial charge in [0.1, 0.15) is 0 Å². The molecule has 1 heterocycles. The van der Waals surface area contributed by atoms with Crippen LogP contribution in [-0.2, 0) is 9.59 Å². The van der Waals surface area contributed by atoms with Crippen LogP contribution in [0, 0.1) is 11.8 Å². The van der Waals surface area contributed by atoms with Gasteiger partial charge in [-0.05, 0) is 12.3 Å². The standard InChI is InChI=1S/C14H23NO2/c1-4-6-7-8-12-11(3)10-13(16)15(9-5-2)14(12)17/h5,11-12H,2,4,6-10H2,1,3H3/t11-,12-/m1/s1. The lowest BCUT2D eigenvalue weighted by Gasteiger charge is -2.34. The molecule has 0 saturated carbocycles. The van der Waals surface area contributed by atoms with E-state index in [-0.39, 0.29) is 23.7 Å². The summed E-state index contributed by atoms with van der Waals surface area (Å²) in [6, 6.07) is 0. The van der Waals surface area contributed by atoms with Crippen LogP contribution in [0.4, 0.5) is 0 Å². The highest BCUT2D eigenvalue weighted by molar-refractivity contribution is 5.99. The van der Waals surface area contributed by atoms with Crippen LogP contribution in [0.3, 0.4) is 0 Å². The van der Waals surface area contributed by atoms with Crippen LogP contribution in [0.5, 0.6) is 0 Å². The second kappa shape index (κ2) is 6.58. The van der Waals surface area contributed by atoms with Gasteiger partial charge in [0, 0.05) is 18.9 Å². The van der Waals surface area contributed by atoms with E-state index in [1.54, 1.807) is 6.08 Å². The molecule has 3 nitrogen and oxygen atoms in total. The molecule has 0 aliphatic carbocycles. The highest BCUT2D eigenvalue weighted by atomic mass is 16.2. The number of carbonyl (C=O) groups excluding carboxylic acids is 2. The number of hydrogen-bond donors (Lipinski definition) is 0. The van der Waals surface area contributed by atoms with Crippen molar-refractivity contribution in [2.24, 2.45) is 11.8 Å². The normalized spacial score (nSPS) is 25.2. The number of carbonyl (C=O) groups is 2.